The Kier molecular flexibility index (Phi) is 8.50. The van der Waals surface area contributed by atoms with Gasteiger partial charge >= 0.3 is 5.97 Å². The molecule has 1 fully saturated rings. The third-order valence-electron chi connectivity index (χ3n) is 6.74. The number of pyridine rings is 1. The third kappa shape index (κ3) is 6.14. The summed E-state index contributed by atoms with van der Waals surface area (Å²) in [6.45, 7) is 9.65. The summed E-state index contributed by atoms with van der Waals surface area (Å²) < 4.78 is 6.16. The average molecular weight is 452 g/mol. The van der Waals surface area contributed by atoms with Crippen molar-refractivity contribution in [3.05, 3.63) is 65.5 Å². The fourth-order valence-electron chi connectivity index (χ4n) is 4.39. The smallest absolute Gasteiger partial charge is 0.313 e. The number of rotatable bonds is 5. The number of likely N-dealkylation sites (N-methyl/N-ethyl adjacent to an activating group) is 1. The van der Waals surface area contributed by atoms with Gasteiger partial charge in [-0.05, 0) is 82.0 Å². The Labute approximate surface area is 197 Å². The van der Waals surface area contributed by atoms with Crippen LogP contribution in [0.4, 0.5) is 5.69 Å². The molecule has 0 bridgehead atoms. The number of nitrogens with zero attached hydrogens (tertiary/aromatic N) is 3. The van der Waals surface area contributed by atoms with Gasteiger partial charge in [0.25, 0.3) is 0 Å². The quantitative estimate of drug-likeness (QED) is 0.664. The molecule has 178 valence electrons. The van der Waals surface area contributed by atoms with E-state index in [-0.39, 0.29) is 6.61 Å². The molecule has 0 atom stereocenters. The molecule has 2 aliphatic heterocycles. The molecule has 6 heteroatoms. The van der Waals surface area contributed by atoms with Crippen LogP contribution in [-0.2, 0) is 17.8 Å². The van der Waals surface area contributed by atoms with E-state index in [9.17, 15) is 9.90 Å². The number of hydrogen-bond donors (Lipinski definition) is 1. The van der Waals surface area contributed by atoms with Crippen LogP contribution in [0, 0.1) is 12.3 Å². The molecule has 2 aromatic rings. The Morgan fingerprint density at radius 2 is 1.79 bits per heavy atom. The molecule has 33 heavy (non-hydrogen) atoms. The normalized spacial score (nSPS) is 17.8. The second-order valence-electron chi connectivity index (χ2n) is 9.11. The summed E-state index contributed by atoms with van der Waals surface area (Å²) in [6, 6.07) is 8.26. The predicted molar refractivity (Wildman–Crippen MR) is 133 cm³/mol. The zero-order valence-corrected chi connectivity index (χ0v) is 20.4. The number of aliphatic carboxylic acids is 1. The van der Waals surface area contributed by atoms with E-state index in [0.29, 0.717) is 25.9 Å². The van der Waals surface area contributed by atoms with Crippen LogP contribution >= 0.6 is 0 Å². The van der Waals surface area contributed by atoms with Crippen molar-refractivity contribution in [2.45, 2.75) is 46.6 Å². The van der Waals surface area contributed by atoms with Crippen molar-refractivity contribution in [3.8, 4) is 5.75 Å². The number of hydrogen-bond acceptors (Lipinski definition) is 5. The highest BCUT2D eigenvalue weighted by Gasteiger charge is 2.42. The number of aryl methyl sites for hydroxylation is 1. The van der Waals surface area contributed by atoms with Gasteiger partial charge in [0.2, 0.25) is 0 Å². The third-order valence-corrected chi connectivity index (χ3v) is 6.74. The van der Waals surface area contributed by atoms with Crippen LogP contribution in [0.5, 0.6) is 5.75 Å². The van der Waals surface area contributed by atoms with Crippen molar-refractivity contribution in [1.29, 1.82) is 0 Å². The molecule has 0 aliphatic carbocycles. The summed E-state index contributed by atoms with van der Waals surface area (Å²) in [5.41, 5.74) is 4.00. The summed E-state index contributed by atoms with van der Waals surface area (Å²) in [5, 5.41) is 10.0. The first-order chi connectivity index (χ1) is 15.9. The SMILES string of the molecule is CC=CC.Cc1cc2c(cc1OCC1(C(=O)O)CCN(c3ccncc3)CC1)CN(C)CC2. The van der Waals surface area contributed by atoms with Gasteiger partial charge < -0.3 is 19.6 Å². The fourth-order valence-corrected chi connectivity index (χ4v) is 4.39. The highest BCUT2D eigenvalue weighted by Crippen LogP contribution is 2.36. The largest absolute Gasteiger partial charge is 0.492 e. The zero-order valence-electron chi connectivity index (χ0n) is 20.4. The first-order valence-corrected chi connectivity index (χ1v) is 11.8. The highest BCUT2D eigenvalue weighted by atomic mass is 16.5. The lowest BCUT2D eigenvalue weighted by Gasteiger charge is -2.39. The molecule has 1 aromatic heterocycles. The minimum absolute atomic E-state index is 0.210. The van der Waals surface area contributed by atoms with Crippen LogP contribution in [0.3, 0.4) is 0 Å². The Morgan fingerprint density at radius 3 is 2.39 bits per heavy atom. The summed E-state index contributed by atoms with van der Waals surface area (Å²) in [6.07, 6.45) is 9.73. The van der Waals surface area contributed by atoms with Crippen molar-refractivity contribution >= 4 is 11.7 Å². The van der Waals surface area contributed by atoms with Gasteiger partial charge in [0, 0.05) is 44.3 Å². The molecule has 1 aromatic carbocycles. The average Bonchev–Trinajstić information content (AvgIpc) is 2.84. The van der Waals surface area contributed by atoms with Gasteiger partial charge in [0.15, 0.2) is 0 Å². The van der Waals surface area contributed by atoms with Gasteiger partial charge in [-0.2, -0.15) is 0 Å². The van der Waals surface area contributed by atoms with Crippen molar-refractivity contribution in [2.75, 3.05) is 38.2 Å². The van der Waals surface area contributed by atoms with Crippen molar-refractivity contribution in [1.82, 2.24) is 9.88 Å². The zero-order chi connectivity index (χ0) is 23.8. The minimum Gasteiger partial charge on any atom is -0.492 e. The van der Waals surface area contributed by atoms with E-state index in [1.165, 1.54) is 11.1 Å². The van der Waals surface area contributed by atoms with E-state index < -0.39 is 11.4 Å². The second-order valence-corrected chi connectivity index (χ2v) is 9.11. The Hall–Kier alpha value is -2.86. The maximum Gasteiger partial charge on any atom is 0.313 e. The van der Waals surface area contributed by atoms with Gasteiger partial charge in [-0.1, -0.05) is 18.2 Å². The number of piperidine rings is 1. The van der Waals surface area contributed by atoms with Crippen LogP contribution in [0.2, 0.25) is 0 Å². The molecule has 2 aliphatic rings. The van der Waals surface area contributed by atoms with Crippen LogP contribution in [0.15, 0.2) is 48.8 Å². The van der Waals surface area contributed by atoms with E-state index >= 15 is 0 Å². The van der Waals surface area contributed by atoms with E-state index in [1.807, 2.05) is 45.1 Å². The summed E-state index contributed by atoms with van der Waals surface area (Å²) in [7, 11) is 2.12. The fraction of sp³-hybridized carbons (Fsp3) is 0.481. The molecule has 0 saturated carbocycles. The molecule has 1 saturated heterocycles. The van der Waals surface area contributed by atoms with Crippen molar-refractivity contribution in [3.63, 3.8) is 0 Å². The topological polar surface area (TPSA) is 65.9 Å². The number of carbonyl (C=O) groups is 1. The summed E-state index contributed by atoms with van der Waals surface area (Å²) in [5.74, 6) is 0.0541. The van der Waals surface area contributed by atoms with Gasteiger partial charge in [-0.15, -0.1) is 0 Å². The lowest BCUT2D eigenvalue weighted by Crippen LogP contribution is -2.47. The lowest BCUT2D eigenvalue weighted by molar-refractivity contribution is -0.152. The monoisotopic (exact) mass is 451 g/mol. The number of ether oxygens (including phenoxy) is 1. The number of fused-ring (bicyclic) bond motifs is 1. The molecule has 0 spiro atoms. The number of anilines is 1. The predicted octanol–water partition coefficient (Wildman–Crippen LogP) is 4.71. The van der Waals surface area contributed by atoms with E-state index in [2.05, 4.69) is 34.0 Å². The maximum absolute atomic E-state index is 12.2. The Bertz CT molecular complexity index is 947. The number of carboxylic acids is 1. The first-order valence-electron chi connectivity index (χ1n) is 11.8. The van der Waals surface area contributed by atoms with Gasteiger partial charge in [-0.25, -0.2) is 0 Å². The number of aromatic nitrogens is 1. The molecule has 0 radical (unpaired) electrons. The molecule has 0 amide bonds. The standard InChI is InChI=1S/C23H29N3O3.C4H8/c1-17-13-18-5-10-25(2)15-19(18)14-21(17)29-16-23(22(27)28)6-11-26(12-7-23)20-3-8-24-9-4-20;1-3-4-2/h3-4,8-9,13-14H,5-7,10-12,15-16H2,1-2H3,(H,27,28);3-4H,1-2H3. The number of carboxylic acid groups (broad SMARTS) is 1. The molecular weight excluding hydrogens is 414 g/mol. The van der Waals surface area contributed by atoms with Crippen LogP contribution in [0.1, 0.15) is 43.4 Å². The number of allylic oxidation sites excluding steroid dienone is 2. The molecule has 3 heterocycles. The van der Waals surface area contributed by atoms with E-state index in [4.69, 9.17) is 4.74 Å². The molecule has 6 nitrogen and oxygen atoms in total. The summed E-state index contributed by atoms with van der Waals surface area (Å²) in [4.78, 5) is 20.8. The Morgan fingerprint density at radius 1 is 1.12 bits per heavy atom. The Balaban J connectivity index is 0.000000709. The summed E-state index contributed by atoms with van der Waals surface area (Å²) >= 11 is 0. The minimum atomic E-state index is -0.845. The van der Waals surface area contributed by atoms with E-state index in [0.717, 1.165) is 36.5 Å². The van der Waals surface area contributed by atoms with E-state index in [1.54, 1.807) is 12.4 Å². The van der Waals surface area contributed by atoms with Gasteiger partial charge in [0.05, 0.1) is 0 Å². The highest BCUT2D eigenvalue weighted by molar-refractivity contribution is 5.75. The molecular formula is C27H37N3O3. The number of benzene rings is 1. The van der Waals surface area contributed by atoms with Gasteiger partial charge in [0.1, 0.15) is 17.8 Å². The molecule has 0 unspecified atom stereocenters. The maximum atomic E-state index is 12.2. The lowest BCUT2D eigenvalue weighted by atomic mass is 9.79. The van der Waals surface area contributed by atoms with Crippen molar-refractivity contribution < 1.29 is 14.6 Å². The molecule has 1 N–H and O–H groups in total. The van der Waals surface area contributed by atoms with Crippen LogP contribution in [0.25, 0.3) is 0 Å². The molecule has 4 rings (SSSR count). The van der Waals surface area contributed by atoms with Crippen LogP contribution in [-0.4, -0.2) is 54.2 Å². The first kappa shape index (κ1) is 24.8. The van der Waals surface area contributed by atoms with Gasteiger partial charge in [-0.3, -0.25) is 9.78 Å². The van der Waals surface area contributed by atoms with Crippen molar-refractivity contribution in [2.24, 2.45) is 5.41 Å². The second kappa shape index (κ2) is 11.3. The van der Waals surface area contributed by atoms with Crippen LogP contribution < -0.4 is 9.64 Å².